The van der Waals surface area contributed by atoms with Gasteiger partial charge in [0.05, 0.1) is 12.2 Å². The van der Waals surface area contributed by atoms with Crippen molar-refractivity contribution in [2.75, 3.05) is 0 Å². The second kappa shape index (κ2) is 7.05. The molecule has 0 radical (unpaired) electrons. The van der Waals surface area contributed by atoms with Crippen LogP contribution < -0.4 is 0 Å². The molecular formula is C18H21BrO. The van der Waals surface area contributed by atoms with Gasteiger partial charge >= 0.3 is 0 Å². The highest BCUT2D eigenvalue weighted by atomic mass is 79.9. The molecule has 0 atom stereocenters. The molecule has 0 saturated carbocycles. The molecule has 0 unspecified atom stereocenters. The van der Waals surface area contributed by atoms with Crippen molar-refractivity contribution in [2.24, 2.45) is 0 Å². The maximum absolute atomic E-state index is 6.07. The summed E-state index contributed by atoms with van der Waals surface area (Å²) in [5, 5.41) is 0.904. The van der Waals surface area contributed by atoms with Crippen LogP contribution in [0.1, 0.15) is 30.5 Å². The number of rotatable bonds is 6. The molecule has 0 spiro atoms. The monoisotopic (exact) mass is 332 g/mol. The third-order valence-electron chi connectivity index (χ3n) is 3.28. The lowest BCUT2D eigenvalue weighted by molar-refractivity contribution is -0.0287. The van der Waals surface area contributed by atoms with E-state index in [1.807, 2.05) is 18.2 Å². The van der Waals surface area contributed by atoms with Crippen LogP contribution in [0.4, 0.5) is 0 Å². The van der Waals surface area contributed by atoms with E-state index >= 15 is 0 Å². The van der Waals surface area contributed by atoms with Crippen molar-refractivity contribution < 1.29 is 4.74 Å². The summed E-state index contributed by atoms with van der Waals surface area (Å²) in [6.45, 7) is 4.95. The van der Waals surface area contributed by atoms with Gasteiger partial charge in [-0.25, -0.2) is 0 Å². The summed E-state index contributed by atoms with van der Waals surface area (Å²) in [7, 11) is 0. The lowest BCUT2D eigenvalue weighted by Gasteiger charge is -2.25. The first-order chi connectivity index (χ1) is 9.59. The lowest BCUT2D eigenvalue weighted by Crippen LogP contribution is -2.27. The molecule has 0 aliphatic heterocycles. The molecule has 1 nitrogen and oxygen atoms in total. The van der Waals surface area contributed by atoms with Gasteiger partial charge in [-0.2, -0.15) is 0 Å². The Kier molecular flexibility index (Phi) is 5.38. The first kappa shape index (κ1) is 15.3. The molecule has 0 N–H and O–H groups in total. The number of ether oxygens (including phenoxy) is 1. The van der Waals surface area contributed by atoms with E-state index in [1.165, 1.54) is 16.7 Å². The van der Waals surface area contributed by atoms with Crippen molar-refractivity contribution in [2.45, 2.75) is 37.8 Å². The van der Waals surface area contributed by atoms with Gasteiger partial charge in [0.15, 0.2) is 0 Å². The smallest absolute Gasteiger partial charge is 0.0724 e. The fourth-order valence-corrected chi connectivity index (χ4v) is 2.52. The maximum atomic E-state index is 6.07. The van der Waals surface area contributed by atoms with Crippen molar-refractivity contribution in [3.8, 4) is 0 Å². The fourth-order valence-electron chi connectivity index (χ4n) is 2.14. The van der Waals surface area contributed by atoms with Crippen LogP contribution in [0.2, 0.25) is 0 Å². The summed E-state index contributed by atoms with van der Waals surface area (Å²) >= 11 is 3.47. The molecule has 20 heavy (non-hydrogen) atoms. The van der Waals surface area contributed by atoms with Gasteiger partial charge in [0.25, 0.3) is 0 Å². The average Bonchev–Trinajstić information content (AvgIpc) is 2.47. The predicted molar refractivity (Wildman–Crippen MR) is 88.1 cm³/mol. The molecule has 0 heterocycles. The molecule has 2 aromatic rings. The highest BCUT2D eigenvalue weighted by Crippen LogP contribution is 2.20. The van der Waals surface area contributed by atoms with E-state index in [4.69, 9.17) is 4.74 Å². The van der Waals surface area contributed by atoms with Gasteiger partial charge in [-0.1, -0.05) is 70.5 Å². The van der Waals surface area contributed by atoms with Gasteiger partial charge in [-0.15, -0.1) is 0 Å². The molecule has 106 valence electrons. The fraction of sp³-hybridized carbons (Fsp3) is 0.333. The zero-order chi connectivity index (χ0) is 14.4. The van der Waals surface area contributed by atoms with E-state index in [1.54, 1.807) is 0 Å². The molecule has 0 aromatic heterocycles. The Hall–Kier alpha value is -1.12. The van der Waals surface area contributed by atoms with Gasteiger partial charge in [0.2, 0.25) is 0 Å². The SMILES string of the molecule is CC(C)(Cc1ccc(CBr)cc1)OCc1ccccc1. The molecule has 0 amide bonds. The van der Waals surface area contributed by atoms with Crippen molar-refractivity contribution in [3.05, 3.63) is 71.3 Å². The van der Waals surface area contributed by atoms with Crippen LogP contribution in [-0.4, -0.2) is 5.60 Å². The maximum Gasteiger partial charge on any atom is 0.0724 e. The van der Waals surface area contributed by atoms with Crippen molar-refractivity contribution in [3.63, 3.8) is 0 Å². The Morgan fingerprint density at radius 3 is 2.05 bits per heavy atom. The van der Waals surface area contributed by atoms with Crippen LogP contribution in [-0.2, 0) is 23.1 Å². The minimum atomic E-state index is -0.161. The molecule has 0 saturated heterocycles. The molecule has 0 aliphatic carbocycles. The highest BCUT2D eigenvalue weighted by molar-refractivity contribution is 9.08. The summed E-state index contributed by atoms with van der Waals surface area (Å²) in [5.41, 5.74) is 3.67. The standard InChI is InChI=1S/C18H21BrO/c1-18(2,20-14-17-6-4-3-5-7-17)12-15-8-10-16(13-19)11-9-15/h3-11H,12-14H2,1-2H3. The summed E-state index contributed by atoms with van der Waals surface area (Å²) in [5.74, 6) is 0. The molecule has 0 bridgehead atoms. The van der Waals surface area contributed by atoms with E-state index in [-0.39, 0.29) is 5.60 Å². The normalized spacial score (nSPS) is 11.6. The molecular weight excluding hydrogens is 312 g/mol. The van der Waals surface area contributed by atoms with Crippen LogP contribution in [0.3, 0.4) is 0 Å². The molecule has 2 heteroatoms. The Bertz CT molecular complexity index is 517. The first-order valence-corrected chi connectivity index (χ1v) is 8.03. The number of hydrogen-bond acceptors (Lipinski definition) is 1. The third-order valence-corrected chi connectivity index (χ3v) is 3.93. The molecule has 2 rings (SSSR count). The van der Waals surface area contributed by atoms with E-state index in [0.29, 0.717) is 6.61 Å². The van der Waals surface area contributed by atoms with Crippen LogP contribution >= 0.6 is 15.9 Å². The Morgan fingerprint density at radius 2 is 1.45 bits per heavy atom. The van der Waals surface area contributed by atoms with E-state index in [2.05, 4.69) is 66.2 Å². The van der Waals surface area contributed by atoms with E-state index in [0.717, 1.165) is 11.8 Å². The summed E-state index contributed by atoms with van der Waals surface area (Å²) < 4.78 is 6.07. The summed E-state index contributed by atoms with van der Waals surface area (Å²) in [6, 6.07) is 19.0. The number of benzene rings is 2. The van der Waals surface area contributed by atoms with E-state index in [9.17, 15) is 0 Å². The van der Waals surface area contributed by atoms with Crippen molar-refractivity contribution in [1.82, 2.24) is 0 Å². The minimum absolute atomic E-state index is 0.161. The molecule has 0 aliphatic rings. The molecule has 2 aromatic carbocycles. The Morgan fingerprint density at radius 1 is 0.850 bits per heavy atom. The summed E-state index contributed by atoms with van der Waals surface area (Å²) in [6.07, 6.45) is 0.919. The van der Waals surface area contributed by atoms with E-state index < -0.39 is 0 Å². The predicted octanol–water partition coefficient (Wildman–Crippen LogP) is 5.12. The second-order valence-electron chi connectivity index (χ2n) is 5.66. The van der Waals surface area contributed by atoms with Crippen LogP contribution in [0.5, 0.6) is 0 Å². The van der Waals surface area contributed by atoms with Crippen LogP contribution in [0, 0.1) is 0 Å². The first-order valence-electron chi connectivity index (χ1n) is 6.91. The van der Waals surface area contributed by atoms with Crippen molar-refractivity contribution >= 4 is 15.9 Å². The van der Waals surface area contributed by atoms with Gasteiger partial charge in [0, 0.05) is 11.8 Å². The van der Waals surface area contributed by atoms with Crippen LogP contribution in [0.15, 0.2) is 54.6 Å². The topological polar surface area (TPSA) is 9.23 Å². The zero-order valence-electron chi connectivity index (χ0n) is 12.1. The average molecular weight is 333 g/mol. The quantitative estimate of drug-likeness (QED) is 0.667. The van der Waals surface area contributed by atoms with Gasteiger partial charge in [0.1, 0.15) is 0 Å². The van der Waals surface area contributed by atoms with Crippen LogP contribution in [0.25, 0.3) is 0 Å². The highest BCUT2D eigenvalue weighted by Gasteiger charge is 2.19. The minimum Gasteiger partial charge on any atom is -0.371 e. The van der Waals surface area contributed by atoms with Gasteiger partial charge < -0.3 is 4.74 Å². The Labute approximate surface area is 130 Å². The van der Waals surface area contributed by atoms with Gasteiger partial charge in [-0.05, 0) is 30.5 Å². The van der Waals surface area contributed by atoms with Gasteiger partial charge in [-0.3, -0.25) is 0 Å². The Balaban J connectivity index is 1.92. The number of alkyl halides is 1. The number of hydrogen-bond donors (Lipinski definition) is 0. The largest absolute Gasteiger partial charge is 0.371 e. The molecule has 0 fully saturated rings. The second-order valence-corrected chi connectivity index (χ2v) is 6.22. The number of halogens is 1. The summed E-state index contributed by atoms with van der Waals surface area (Å²) in [4.78, 5) is 0. The van der Waals surface area contributed by atoms with Crippen molar-refractivity contribution in [1.29, 1.82) is 0 Å². The third kappa shape index (κ3) is 4.77. The lowest BCUT2D eigenvalue weighted by atomic mass is 9.97. The zero-order valence-corrected chi connectivity index (χ0v) is 13.7.